The van der Waals surface area contributed by atoms with Gasteiger partial charge in [0.15, 0.2) is 4.21 Å². The van der Waals surface area contributed by atoms with Gasteiger partial charge in [0.2, 0.25) is 0 Å². The van der Waals surface area contributed by atoms with Crippen molar-refractivity contribution in [2.75, 3.05) is 0 Å². The van der Waals surface area contributed by atoms with Crippen LogP contribution in [0.2, 0.25) is 0 Å². The maximum Gasteiger partial charge on any atom is 0.344 e. The predicted molar refractivity (Wildman–Crippen MR) is 127 cm³/mol. The Kier molecular flexibility index (Phi) is 6.33. The Bertz CT molecular complexity index is 1450. The molecule has 8 nitrogen and oxygen atoms in total. The molecule has 0 aliphatic rings. The molecule has 0 amide bonds. The second kappa shape index (κ2) is 9.05. The van der Waals surface area contributed by atoms with Crippen LogP contribution in [-0.2, 0) is 16.5 Å². The molecule has 0 saturated heterocycles. The number of nitrogens with zero attached hydrogens (tertiary/aromatic N) is 3. The summed E-state index contributed by atoms with van der Waals surface area (Å²) in [5.74, 6) is 0.641. The summed E-state index contributed by atoms with van der Waals surface area (Å²) in [6.45, 7) is 5.69. The predicted octanol–water partition coefficient (Wildman–Crippen LogP) is 4.15. The third-order valence-corrected chi connectivity index (χ3v) is 7.80. The van der Waals surface area contributed by atoms with Crippen LogP contribution < -0.4 is 5.69 Å². The number of nitrogens with one attached hydrogen (secondary N) is 1. The molecule has 4 aromatic rings. The smallest absolute Gasteiger partial charge is 0.281 e. The Morgan fingerprint density at radius 3 is 2.58 bits per heavy atom. The molecule has 0 radical (unpaired) electrons. The Balaban J connectivity index is 1.89. The molecule has 0 spiro atoms. The van der Waals surface area contributed by atoms with Gasteiger partial charge in [0, 0.05) is 23.1 Å². The van der Waals surface area contributed by atoms with Crippen molar-refractivity contribution in [1.29, 1.82) is 0 Å². The van der Waals surface area contributed by atoms with Gasteiger partial charge < -0.3 is 0 Å². The molecule has 3 aromatic heterocycles. The van der Waals surface area contributed by atoms with Crippen LogP contribution in [0, 0.1) is 13.8 Å². The number of aromatic nitrogens is 4. The summed E-state index contributed by atoms with van der Waals surface area (Å²) in [7, 11) is -4.35. The minimum Gasteiger partial charge on any atom is -0.281 e. The van der Waals surface area contributed by atoms with Crippen LogP contribution >= 0.6 is 11.3 Å². The van der Waals surface area contributed by atoms with Crippen LogP contribution in [0.1, 0.15) is 46.9 Å². The highest BCUT2D eigenvalue weighted by Gasteiger charge is 2.25. The van der Waals surface area contributed by atoms with Crippen molar-refractivity contribution >= 4 is 21.5 Å². The van der Waals surface area contributed by atoms with Crippen LogP contribution in [0.15, 0.2) is 57.7 Å². The highest BCUT2D eigenvalue weighted by Crippen LogP contribution is 2.38. The minimum atomic E-state index is -4.35. The summed E-state index contributed by atoms with van der Waals surface area (Å²) in [4.78, 5) is 18.0. The molecule has 3 heterocycles. The third kappa shape index (κ3) is 4.54. The molecule has 1 atom stereocenters. The standard InChI is InChI=1S/C23H24N4O4S2/c1-4-7-20-25-26-23(28)27(20)21(19-8-5-6-11-24-19)16-9-10-17(14(2)12-16)18-13-15(3)32-22(18)33(29,30)31/h5-6,8-13,21H,4,7H2,1-3H3,(H,26,28)(H,29,30,31). The normalized spacial score (nSPS) is 12.7. The number of thiophene rings is 1. The van der Waals surface area contributed by atoms with E-state index >= 15 is 0 Å². The zero-order valence-corrected chi connectivity index (χ0v) is 20.1. The number of benzene rings is 1. The fourth-order valence-corrected chi connectivity index (χ4v) is 6.04. The van der Waals surface area contributed by atoms with Crippen LogP contribution in [-0.4, -0.2) is 32.7 Å². The van der Waals surface area contributed by atoms with Crippen molar-refractivity contribution in [3.63, 3.8) is 0 Å². The average Bonchev–Trinajstić information content (AvgIpc) is 3.33. The molecule has 10 heteroatoms. The van der Waals surface area contributed by atoms with Crippen molar-refractivity contribution < 1.29 is 13.0 Å². The largest absolute Gasteiger partial charge is 0.344 e. The first-order chi connectivity index (χ1) is 15.7. The lowest BCUT2D eigenvalue weighted by molar-refractivity contribution is 0.486. The molecule has 1 aromatic carbocycles. The Labute approximate surface area is 195 Å². The molecule has 0 aliphatic carbocycles. The number of hydrogen-bond donors (Lipinski definition) is 2. The van der Waals surface area contributed by atoms with Gasteiger partial charge in [-0.3, -0.25) is 14.1 Å². The molecule has 0 saturated carbocycles. The van der Waals surface area contributed by atoms with Crippen molar-refractivity contribution in [1.82, 2.24) is 19.7 Å². The molecule has 1 unspecified atom stereocenters. The molecule has 33 heavy (non-hydrogen) atoms. The van der Waals surface area contributed by atoms with E-state index in [2.05, 4.69) is 15.2 Å². The maximum atomic E-state index is 12.8. The van der Waals surface area contributed by atoms with Crippen molar-refractivity contribution in [3.8, 4) is 11.1 Å². The molecule has 0 fully saturated rings. The SMILES string of the molecule is CCCc1n[nH]c(=O)n1C(c1ccc(-c2cc(C)sc2S(=O)(=O)O)c(C)c1)c1ccccn1. The van der Waals surface area contributed by atoms with Crippen LogP contribution in [0.3, 0.4) is 0 Å². The van der Waals surface area contributed by atoms with E-state index in [0.29, 0.717) is 29.1 Å². The first-order valence-electron chi connectivity index (χ1n) is 10.5. The van der Waals surface area contributed by atoms with E-state index in [9.17, 15) is 17.8 Å². The van der Waals surface area contributed by atoms with Gasteiger partial charge >= 0.3 is 15.8 Å². The lowest BCUT2D eigenvalue weighted by Gasteiger charge is -2.21. The zero-order valence-electron chi connectivity index (χ0n) is 18.4. The number of H-pyrrole nitrogens is 1. The van der Waals surface area contributed by atoms with Crippen molar-refractivity contribution in [3.05, 3.63) is 86.7 Å². The monoisotopic (exact) mass is 484 g/mol. The van der Waals surface area contributed by atoms with Gasteiger partial charge in [-0.05, 0) is 55.2 Å². The molecular weight excluding hydrogens is 460 g/mol. The van der Waals surface area contributed by atoms with E-state index in [1.807, 2.05) is 50.2 Å². The Morgan fingerprint density at radius 1 is 1.15 bits per heavy atom. The topological polar surface area (TPSA) is 118 Å². The maximum absolute atomic E-state index is 12.8. The fourth-order valence-electron chi connectivity index (χ4n) is 4.02. The molecule has 0 aliphatic heterocycles. The summed E-state index contributed by atoms with van der Waals surface area (Å²) in [6.07, 6.45) is 3.14. The Morgan fingerprint density at radius 2 is 1.94 bits per heavy atom. The fraction of sp³-hybridized carbons (Fsp3) is 0.261. The van der Waals surface area contributed by atoms with Gasteiger partial charge in [0.05, 0.1) is 5.69 Å². The van der Waals surface area contributed by atoms with Crippen LogP contribution in [0.25, 0.3) is 11.1 Å². The first kappa shape index (κ1) is 23.1. The summed E-state index contributed by atoms with van der Waals surface area (Å²) in [5.41, 5.74) is 3.16. The van der Waals surface area contributed by atoms with Gasteiger partial charge in [-0.25, -0.2) is 9.89 Å². The number of hydrogen-bond acceptors (Lipinski definition) is 6. The van der Waals surface area contributed by atoms with E-state index in [-0.39, 0.29) is 9.90 Å². The van der Waals surface area contributed by atoms with Crippen molar-refractivity contribution in [2.24, 2.45) is 0 Å². The highest BCUT2D eigenvalue weighted by molar-refractivity contribution is 7.88. The minimum absolute atomic E-state index is 0.0755. The second-order valence-corrected chi connectivity index (χ2v) is 10.7. The molecule has 0 bridgehead atoms. The van der Waals surface area contributed by atoms with Crippen molar-refractivity contribution in [2.45, 2.75) is 43.9 Å². The van der Waals surface area contributed by atoms with Gasteiger partial charge in [0.25, 0.3) is 0 Å². The van der Waals surface area contributed by atoms with Crippen LogP contribution in [0.4, 0.5) is 0 Å². The first-order valence-corrected chi connectivity index (χ1v) is 12.7. The van der Waals surface area contributed by atoms with E-state index in [1.165, 1.54) is 0 Å². The van der Waals surface area contributed by atoms with Gasteiger partial charge in [-0.2, -0.15) is 13.5 Å². The molecular formula is C23H24N4O4S2. The molecule has 2 N–H and O–H groups in total. The van der Waals surface area contributed by atoms with Crippen LogP contribution in [0.5, 0.6) is 0 Å². The molecule has 172 valence electrons. The summed E-state index contributed by atoms with van der Waals surface area (Å²) in [6, 6.07) is 12.4. The molecule has 4 rings (SSSR count). The number of rotatable bonds is 7. The summed E-state index contributed by atoms with van der Waals surface area (Å²) >= 11 is 1.03. The average molecular weight is 485 g/mol. The lowest BCUT2D eigenvalue weighted by Crippen LogP contribution is -2.26. The number of aromatic amines is 1. The Hall–Kier alpha value is -3.08. The summed E-state index contributed by atoms with van der Waals surface area (Å²) in [5, 5.41) is 6.77. The summed E-state index contributed by atoms with van der Waals surface area (Å²) < 4.78 is 35.1. The third-order valence-electron chi connectivity index (χ3n) is 5.39. The quantitative estimate of drug-likeness (QED) is 0.381. The lowest BCUT2D eigenvalue weighted by atomic mass is 9.95. The van der Waals surface area contributed by atoms with E-state index in [1.54, 1.807) is 23.8 Å². The highest BCUT2D eigenvalue weighted by atomic mass is 32.3. The van der Waals surface area contributed by atoms with Gasteiger partial charge in [-0.15, -0.1) is 11.3 Å². The zero-order chi connectivity index (χ0) is 23.8. The van der Waals surface area contributed by atoms with E-state index in [0.717, 1.165) is 33.8 Å². The van der Waals surface area contributed by atoms with Gasteiger partial charge in [-0.1, -0.05) is 31.2 Å². The second-order valence-electron chi connectivity index (χ2n) is 7.83. The number of pyridine rings is 1. The van der Waals surface area contributed by atoms with E-state index < -0.39 is 16.2 Å². The van der Waals surface area contributed by atoms with Gasteiger partial charge in [0.1, 0.15) is 11.9 Å². The van der Waals surface area contributed by atoms with E-state index in [4.69, 9.17) is 0 Å². The number of aryl methyl sites for hydroxylation is 3.